The van der Waals surface area contributed by atoms with E-state index in [0.29, 0.717) is 6.07 Å². The second kappa shape index (κ2) is 4.56. The zero-order valence-corrected chi connectivity index (χ0v) is 8.44. The van der Waals surface area contributed by atoms with Crippen molar-refractivity contribution in [2.45, 2.75) is 24.8 Å². The molecule has 0 heterocycles. The van der Waals surface area contributed by atoms with Gasteiger partial charge in [-0.1, -0.05) is 18.2 Å². The van der Waals surface area contributed by atoms with Crippen LogP contribution in [0.15, 0.2) is 24.3 Å². The van der Waals surface area contributed by atoms with Crippen molar-refractivity contribution < 1.29 is 26.3 Å². The van der Waals surface area contributed by atoms with E-state index < -0.39 is 30.4 Å². The molecule has 0 aliphatic heterocycles. The smallest absolute Gasteiger partial charge is 0.320 e. The number of rotatable bonds is 2. The lowest BCUT2D eigenvalue weighted by molar-refractivity contribution is -0.147. The Bertz CT molecular complexity index is 381. The first-order chi connectivity index (χ1) is 7.60. The van der Waals surface area contributed by atoms with Crippen LogP contribution >= 0.6 is 0 Å². The number of halogens is 6. The van der Waals surface area contributed by atoms with Crippen molar-refractivity contribution in [3.05, 3.63) is 35.4 Å². The summed E-state index contributed by atoms with van der Waals surface area (Å²) >= 11 is 0. The van der Waals surface area contributed by atoms with E-state index in [4.69, 9.17) is 5.73 Å². The van der Waals surface area contributed by atoms with Gasteiger partial charge in [0.05, 0.1) is 5.56 Å². The fourth-order valence-corrected chi connectivity index (χ4v) is 1.24. The van der Waals surface area contributed by atoms with Crippen LogP contribution in [-0.2, 0) is 12.6 Å². The normalized spacial score (nSPS) is 14.8. The molecule has 2 N–H and O–H groups in total. The highest BCUT2D eigenvalue weighted by molar-refractivity contribution is 5.26. The molecular formula is C10H9F6N. The summed E-state index contributed by atoms with van der Waals surface area (Å²) in [6.45, 7) is 0. The molecule has 0 aliphatic rings. The first kappa shape index (κ1) is 13.8. The Labute approximate surface area is 93.2 Å². The van der Waals surface area contributed by atoms with E-state index in [1.807, 2.05) is 0 Å². The van der Waals surface area contributed by atoms with Gasteiger partial charge in [0.15, 0.2) is 0 Å². The number of nitrogens with two attached hydrogens (primary N) is 1. The summed E-state index contributed by atoms with van der Waals surface area (Å²) in [6.07, 6.45) is -9.86. The van der Waals surface area contributed by atoms with Gasteiger partial charge in [0.1, 0.15) is 6.04 Å². The molecule has 0 saturated heterocycles. The standard InChI is InChI=1S/C10H9F6N/c11-9(12,13)7-3-1-2-6(4-7)5-8(17)10(14,15)16/h1-4,8H,5,17H2/t8-/m1/s1. The molecule has 0 unspecified atom stereocenters. The molecule has 96 valence electrons. The first-order valence-electron chi connectivity index (χ1n) is 4.59. The monoisotopic (exact) mass is 257 g/mol. The Kier molecular flexibility index (Phi) is 3.71. The summed E-state index contributed by atoms with van der Waals surface area (Å²) in [5, 5.41) is 0. The van der Waals surface area contributed by atoms with Crippen molar-refractivity contribution in [3.63, 3.8) is 0 Å². The van der Waals surface area contributed by atoms with Crippen molar-refractivity contribution in [1.82, 2.24) is 0 Å². The Hall–Kier alpha value is -1.24. The molecule has 0 bridgehead atoms. The average molecular weight is 257 g/mol. The zero-order chi connectivity index (χ0) is 13.3. The fraction of sp³-hybridized carbons (Fsp3) is 0.400. The molecular weight excluding hydrogens is 248 g/mol. The summed E-state index contributed by atoms with van der Waals surface area (Å²) in [6, 6.07) is 1.54. The van der Waals surface area contributed by atoms with E-state index in [1.54, 1.807) is 0 Å². The predicted octanol–water partition coefficient (Wildman–Crippen LogP) is 3.14. The van der Waals surface area contributed by atoms with Crippen molar-refractivity contribution >= 4 is 0 Å². The molecule has 17 heavy (non-hydrogen) atoms. The molecule has 1 aromatic carbocycles. The minimum Gasteiger partial charge on any atom is -0.320 e. The van der Waals surface area contributed by atoms with Gasteiger partial charge in [0, 0.05) is 0 Å². The summed E-state index contributed by atoms with van der Waals surface area (Å²) in [4.78, 5) is 0. The molecule has 0 fully saturated rings. The van der Waals surface area contributed by atoms with E-state index >= 15 is 0 Å². The van der Waals surface area contributed by atoms with Crippen LogP contribution in [0.4, 0.5) is 26.3 Å². The van der Waals surface area contributed by atoms with Gasteiger partial charge in [-0.2, -0.15) is 26.3 Å². The summed E-state index contributed by atoms with van der Waals surface area (Å²) in [5.41, 5.74) is 3.76. The van der Waals surface area contributed by atoms with Crippen molar-refractivity contribution in [1.29, 1.82) is 0 Å². The minimum absolute atomic E-state index is 0.0929. The summed E-state index contributed by atoms with van der Waals surface area (Å²) in [7, 11) is 0. The van der Waals surface area contributed by atoms with Crippen LogP contribution in [0.1, 0.15) is 11.1 Å². The van der Waals surface area contributed by atoms with Gasteiger partial charge in [0.2, 0.25) is 0 Å². The Morgan fingerprint density at radius 3 is 2.12 bits per heavy atom. The Morgan fingerprint density at radius 2 is 1.65 bits per heavy atom. The minimum atomic E-state index is -4.62. The number of hydrogen-bond donors (Lipinski definition) is 1. The summed E-state index contributed by atoms with van der Waals surface area (Å²) in [5.74, 6) is 0. The number of benzene rings is 1. The Balaban J connectivity index is 2.87. The van der Waals surface area contributed by atoms with Gasteiger partial charge in [0.25, 0.3) is 0 Å². The Morgan fingerprint density at radius 1 is 1.06 bits per heavy atom. The van der Waals surface area contributed by atoms with Gasteiger partial charge < -0.3 is 5.73 Å². The molecule has 0 saturated carbocycles. The molecule has 1 rings (SSSR count). The lowest BCUT2D eigenvalue weighted by Gasteiger charge is -2.16. The van der Waals surface area contributed by atoms with Crippen LogP contribution in [0.3, 0.4) is 0 Å². The second-order valence-electron chi connectivity index (χ2n) is 3.55. The largest absolute Gasteiger partial charge is 0.416 e. The maximum Gasteiger partial charge on any atom is 0.416 e. The molecule has 0 amide bonds. The molecule has 0 aliphatic carbocycles. The van der Waals surface area contributed by atoms with Gasteiger partial charge in [-0.15, -0.1) is 0 Å². The molecule has 1 nitrogen and oxygen atoms in total. The average Bonchev–Trinajstić information content (AvgIpc) is 2.15. The number of alkyl halides is 6. The summed E-state index contributed by atoms with van der Waals surface area (Å²) < 4.78 is 73.2. The molecule has 0 aromatic heterocycles. The van der Waals surface area contributed by atoms with Gasteiger partial charge >= 0.3 is 12.4 Å². The number of hydrogen-bond acceptors (Lipinski definition) is 1. The maximum absolute atomic E-state index is 12.3. The van der Waals surface area contributed by atoms with Crippen molar-refractivity contribution in [2.24, 2.45) is 5.73 Å². The van der Waals surface area contributed by atoms with Crippen LogP contribution in [0.25, 0.3) is 0 Å². The van der Waals surface area contributed by atoms with E-state index in [1.165, 1.54) is 6.07 Å². The third-order valence-electron chi connectivity index (χ3n) is 2.13. The zero-order valence-electron chi connectivity index (χ0n) is 8.44. The highest BCUT2D eigenvalue weighted by Crippen LogP contribution is 2.30. The van der Waals surface area contributed by atoms with E-state index in [9.17, 15) is 26.3 Å². The highest BCUT2D eigenvalue weighted by atomic mass is 19.4. The SMILES string of the molecule is N[C@H](Cc1cccc(C(F)(F)F)c1)C(F)(F)F. The quantitative estimate of drug-likeness (QED) is 0.809. The fourth-order valence-electron chi connectivity index (χ4n) is 1.24. The van der Waals surface area contributed by atoms with Gasteiger partial charge in [-0.3, -0.25) is 0 Å². The molecule has 0 spiro atoms. The molecule has 0 radical (unpaired) electrons. The van der Waals surface area contributed by atoms with Crippen LogP contribution in [-0.4, -0.2) is 12.2 Å². The van der Waals surface area contributed by atoms with E-state index in [0.717, 1.165) is 12.1 Å². The van der Waals surface area contributed by atoms with Crippen LogP contribution in [0.2, 0.25) is 0 Å². The highest BCUT2D eigenvalue weighted by Gasteiger charge is 2.37. The topological polar surface area (TPSA) is 26.0 Å². The van der Waals surface area contributed by atoms with E-state index in [2.05, 4.69) is 0 Å². The van der Waals surface area contributed by atoms with Crippen molar-refractivity contribution in [3.8, 4) is 0 Å². The van der Waals surface area contributed by atoms with Crippen molar-refractivity contribution in [2.75, 3.05) is 0 Å². The van der Waals surface area contributed by atoms with Crippen LogP contribution in [0.5, 0.6) is 0 Å². The molecule has 1 aromatic rings. The van der Waals surface area contributed by atoms with E-state index in [-0.39, 0.29) is 5.56 Å². The maximum atomic E-state index is 12.3. The lowest BCUT2D eigenvalue weighted by atomic mass is 10.0. The predicted molar refractivity (Wildman–Crippen MR) is 49.2 cm³/mol. The third kappa shape index (κ3) is 3.92. The van der Waals surface area contributed by atoms with Gasteiger partial charge in [-0.05, 0) is 18.1 Å². The molecule has 7 heteroatoms. The molecule has 1 atom stereocenters. The first-order valence-corrected chi connectivity index (χ1v) is 4.59. The van der Waals surface area contributed by atoms with Crippen LogP contribution < -0.4 is 5.73 Å². The lowest BCUT2D eigenvalue weighted by Crippen LogP contribution is -2.39. The second-order valence-corrected chi connectivity index (χ2v) is 3.55. The van der Waals surface area contributed by atoms with Gasteiger partial charge in [-0.25, -0.2) is 0 Å². The third-order valence-corrected chi connectivity index (χ3v) is 2.13. The van der Waals surface area contributed by atoms with Crippen LogP contribution in [0, 0.1) is 0 Å².